The number of nitrogens with one attached hydrogen (secondary N) is 1. The molecule has 0 atom stereocenters. The van der Waals surface area contributed by atoms with Crippen molar-refractivity contribution >= 4 is 40.4 Å². The van der Waals surface area contributed by atoms with Gasteiger partial charge in [0.15, 0.2) is 0 Å². The maximum atomic E-state index is 11.7. The van der Waals surface area contributed by atoms with Gasteiger partial charge >= 0.3 is 6.09 Å². The van der Waals surface area contributed by atoms with Gasteiger partial charge in [0.25, 0.3) is 0 Å². The van der Waals surface area contributed by atoms with E-state index in [9.17, 15) is 4.79 Å². The SMILES string of the molecule is COc1ccc2cc(/C=N/OC(=O)Nc3ccc(Cl)cc3)ccc2c1. The van der Waals surface area contributed by atoms with Gasteiger partial charge in [0.1, 0.15) is 5.75 Å². The number of anilines is 1. The van der Waals surface area contributed by atoms with Crippen LogP contribution in [0.3, 0.4) is 0 Å². The van der Waals surface area contributed by atoms with E-state index in [1.165, 1.54) is 6.21 Å². The molecule has 0 unspecified atom stereocenters. The molecular weight excluding hydrogens is 340 g/mol. The van der Waals surface area contributed by atoms with Crippen LogP contribution in [0.1, 0.15) is 5.56 Å². The molecule has 3 aromatic carbocycles. The van der Waals surface area contributed by atoms with Crippen molar-refractivity contribution in [3.8, 4) is 5.75 Å². The monoisotopic (exact) mass is 354 g/mol. The zero-order valence-corrected chi connectivity index (χ0v) is 14.2. The van der Waals surface area contributed by atoms with Crippen LogP contribution < -0.4 is 10.1 Å². The highest BCUT2D eigenvalue weighted by molar-refractivity contribution is 6.30. The van der Waals surface area contributed by atoms with Gasteiger partial charge in [-0.25, -0.2) is 4.79 Å². The van der Waals surface area contributed by atoms with Crippen LogP contribution in [0.2, 0.25) is 5.02 Å². The standard InChI is InChI=1S/C19H15ClN2O3/c1-24-18-9-4-14-10-13(2-3-15(14)11-18)12-21-25-19(23)22-17-7-5-16(20)6-8-17/h2-12H,1H3,(H,22,23)/b21-12+. The summed E-state index contributed by atoms with van der Waals surface area (Å²) in [6.07, 6.45) is 0.801. The summed E-state index contributed by atoms with van der Waals surface area (Å²) in [7, 11) is 1.63. The minimum atomic E-state index is -0.677. The molecule has 0 heterocycles. The minimum Gasteiger partial charge on any atom is -0.497 e. The molecule has 0 saturated carbocycles. The van der Waals surface area contributed by atoms with Crippen molar-refractivity contribution in [2.75, 3.05) is 12.4 Å². The number of hydrogen-bond acceptors (Lipinski definition) is 4. The number of hydrogen-bond donors (Lipinski definition) is 1. The topological polar surface area (TPSA) is 59.9 Å². The number of halogens is 1. The molecule has 0 aromatic heterocycles. The van der Waals surface area contributed by atoms with Crippen LogP contribution in [0.4, 0.5) is 10.5 Å². The third-order valence-corrected chi connectivity index (χ3v) is 3.75. The number of amides is 1. The number of nitrogens with zero attached hydrogens (tertiary/aromatic N) is 1. The first-order valence-electron chi connectivity index (χ1n) is 7.49. The van der Waals surface area contributed by atoms with E-state index in [0.29, 0.717) is 10.7 Å². The van der Waals surface area contributed by atoms with Crippen LogP contribution in [0.5, 0.6) is 5.75 Å². The lowest BCUT2D eigenvalue weighted by molar-refractivity contribution is 0.167. The minimum absolute atomic E-state index is 0.573. The lowest BCUT2D eigenvalue weighted by Gasteiger charge is -2.04. The van der Waals surface area contributed by atoms with Crippen LogP contribution in [0.15, 0.2) is 65.8 Å². The summed E-state index contributed by atoms with van der Waals surface area (Å²) in [5, 5.41) is 8.94. The number of carbonyl (C=O) groups excluding carboxylic acids is 1. The zero-order chi connectivity index (χ0) is 17.6. The summed E-state index contributed by atoms with van der Waals surface area (Å²) in [5.41, 5.74) is 1.39. The third kappa shape index (κ3) is 4.49. The number of ether oxygens (including phenoxy) is 1. The molecule has 6 heteroatoms. The second kappa shape index (κ2) is 7.68. The molecule has 0 aliphatic heterocycles. The maximum absolute atomic E-state index is 11.7. The van der Waals surface area contributed by atoms with Crippen molar-refractivity contribution in [1.29, 1.82) is 0 Å². The molecular formula is C19H15ClN2O3. The van der Waals surface area contributed by atoms with Crippen LogP contribution >= 0.6 is 11.6 Å². The van der Waals surface area contributed by atoms with Crippen molar-refractivity contribution in [3.05, 3.63) is 71.2 Å². The van der Waals surface area contributed by atoms with E-state index in [2.05, 4.69) is 10.5 Å². The fraction of sp³-hybridized carbons (Fsp3) is 0.0526. The third-order valence-electron chi connectivity index (χ3n) is 3.50. The van der Waals surface area contributed by atoms with Gasteiger partial charge in [0.2, 0.25) is 0 Å². The van der Waals surface area contributed by atoms with Crippen molar-refractivity contribution in [1.82, 2.24) is 0 Å². The first-order valence-corrected chi connectivity index (χ1v) is 7.86. The van der Waals surface area contributed by atoms with Crippen molar-refractivity contribution < 1.29 is 14.4 Å². The molecule has 3 aromatic rings. The molecule has 3 rings (SSSR count). The Morgan fingerprint density at radius 3 is 2.52 bits per heavy atom. The van der Waals surface area contributed by atoms with Crippen molar-refractivity contribution in [2.45, 2.75) is 0 Å². The van der Waals surface area contributed by atoms with Gasteiger partial charge in [0.05, 0.1) is 13.3 Å². The van der Waals surface area contributed by atoms with Crippen LogP contribution in [-0.2, 0) is 4.84 Å². The highest BCUT2D eigenvalue weighted by Crippen LogP contribution is 2.21. The van der Waals surface area contributed by atoms with E-state index in [1.54, 1.807) is 31.4 Å². The Morgan fingerprint density at radius 1 is 1.04 bits per heavy atom. The van der Waals surface area contributed by atoms with Crippen molar-refractivity contribution in [3.63, 3.8) is 0 Å². The summed E-state index contributed by atoms with van der Waals surface area (Å²) < 4.78 is 5.20. The molecule has 126 valence electrons. The van der Waals surface area contributed by atoms with E-state index < -0.39 is 6.09 Å². The smallest absolute Gasteiger partial charge is 0.437 e. The number of benzene rings is 3. The Hall–Kier alpha value is -3.05. The van der Waals surface area contributed by atoms with E-state index in [1.807, 2.05) is 36.4 Å². The molecule has 1 amide bonds. The van der Waals surface area contributed by atoms with Gasteiger partial charge in [0, 0.05) is 10.7 Å². The molecule has 0 saturated heterocycles. The van der Waals surface area contributed by atoms with Gasteiger partial charge in [-0.1, -0.05) is 35.0 Å². The Kier molecular flexibility index (Phi) is 5.16. The van der Waals surface area contributed by atoms with E-state index in [-0.39, 0.29) is 0 Å². The van der Waals surface area contributed by atoms with Gasteiger partial charge in [-0.2, -0.15) is 0 Å². The molecule has 25 heavy (non-hydrogen) atoms. The number of rotatable bonds is 4. The van der Waals surface area contributed by atoms with Crippen LogP contribution in [0, 0.1) is 0 Å². The molecule has 0 aliphatic rings. The Bertz CT molecular complexity index is 924. The first-order chi connectivity index (χ1) is 12.1. The fourth-order valence-electron chi connectivity index (χ4n) is 2.26. The van der Waals surface area contributed by atoms with Gasteiger partial charge in [-0.05, 0) is 58.8 Å². The number of fused-ring (bicyclic) bond motifs is 1. The van der Waals surface area contributed by atoms with Crippen LogP contribution in [-0.4, -0.2) is 19.4 Å². The molecule has 0 bridgehead atoms. The lowest BCUT2D eigenvalue weighted by atomic mass is 10.1. The molecule has 0 radical (unpaired) electrons. The van der Waals surface area contributed by atoms with E-state index in [4.69, 9.17) is 21.2 Å². The zero-order valence-electron chi connectivity index (χ0n) is 13.4. The van der Waals surface area contributed by atoms with Crippen molar-refractivity contribution in [2.24, 2.45) is 5.16 Å². The number of oxime groups is 1. The van der Waals surface area contributed by atoms with Gasteiger partial charge < -0.3 is 4.74 Å². The lowest BCUT2D eigenvalue weighted by Crippen LogP contribution is -2.10. The average molecular weight is 355 g/mol. The molecule has 0 fully saturated rings. The highest BCUT2D eigenvalue weighted by Gasteiger charge is 2.02. The molecule has 0 spiro atoms. The average Bonchev–Trinajstić information content (AvgIpc) is 2.63. The summed E-state index contributed by atoms with van der Waals surface area (Å²) in [5.74, 6) is 0.802. The summed E-state index contributed by atoms with van der Waals surface area (Å²) in [6.45, 7) is 0. The van der Waals surface area contributed by atoms with E-state index >= 15 is 0 Å². The Morgan fingerprint density at radius 2 is 1.76 bits per heavy atom. The van der Waals surface area contributed by atoms with E-state index in [0.717, 1.165) is 22.1 Å². The maximum Gasteiger partial charge on any atom is 0.437 e. The quantitative estimate of drug-likeness (QED) is 0.403. The highest BCUT2D eigenvalue weighted by atomic mass is 35.5. The largest absolute Gasteiger partial charge is 0.497 e. The second-order valence-electron chi connectivity index (χ2n) is 5.22. The number of methoxy groups -OCH3 is 1. The Balaban J connectivity index is 1.62. The second-order valence-corrected chi connectivity index (χ2v) is 5.65. The summed E-state index contributed by atoms with van der Waals surface area (Å²) >= 11 is 5.78. The van der Waals surface area contributed by atoms with Gasteiger partial charge in [-0.15, -0.1) is 0 Å². The fourth-order valence-corrected chi connectivity index (χ4v) is 2.38. The molecule has 1 N–H and O–H groups in total. The number of carbonyl (C=O) groups is 1. The molecule has 5 nitrogen and oxygen atoms in total. The normalized spacial score (nSPS) is 10.8. The molecule has 0 aliphatic carbocycles. The summed E-state index contributed by atoms with van der Waals surface area (Å²) in [4.78, 5) is 16.5. The first kappa shape index (κ1) is 16.8. The predicted molar refractivity (Wildman–Crippen MR) is 99.6 cm³/mol. The van der Waals surface area contributed by atoms with Crippen LogP contribution in [0.25, 0.3) is 10.8 Å². The Labute approximate surface area is 149 Å². The van der Waals surface area contributed by atoms with Gasteiger partial charge in [-0.3, -0.25) is 10.2 Å². The predicted octanol–water partition coefficient (Wildman–Crippen LogP) is 5.08. The summed E-state index contributed by atoms with van der Waals surface area (Å²) in [6, 6.07) is 18.3.